The van der Waals surface area contributed by atoms with Gasteiger partial charge in [0.25, 0.3) is 0 Å². The molecule has 46 valence electrons. The second kappa shape index (κ2) is 1.74. The summed E-state index contributed by atoms with van der Waals surface area (Å²) < 4.78 is 19.6. The molecular weight excluding hydrogens is 129 g/mol. The van der Waals surface area contributed by atoms with Crippen molar-refractivity contribution in [3.63, 3.8) is 0 Å². The molecule has 8 heavy (non-hydrogen) atoms. The number of hydroxylamine groups is 4. The van der Waals surface area contributed by atoms with Gasteiger partial charge in [-0.3, -0.25) is 0 Å². The van der Waals surface area contributed by atoms with Gasteiger partial charge in [-0.25, -0.2) is 0 Å². The van der Waals surface area contributed by atoms with Crippen LogP contribution in [0.15, 0.2) is 0 Å². The Morgan fingerprint density at radius 3 is 2.25 bits per heavy atom. The average molecular weight is 137 g/mol. The number of nitrogens with zero attached hydrogens (tertiary/aromatic N) is 1. The van der Waals surface area contributed by atoms with E-state index < -0.39 is 8.25 Å². The molecule has 1 saturated heterocycles. The Hall–Kier alpha value is -0.0200. The van der Waals surface area contributed by atoms with E-state index in [-0.39, 0.29) is 4.81 Å². The predicted molar refractivity (Wildman–Crippen MR) is 26.5 cm³/mol. The maximum Gasteiger partial charge on any atom is 0.809 e. The van der Waals surface area contributed by atoms with Crippen LogP contribution in [0.1, 0.15) is 6.92 Å². The summed E-state index contributed by atoms with van der Waals surface area (Å²) in [4.78, 5) is 0.0230. The van der Waals surface area contributed by atoms with Crippen LogP contribution in [0.4, 0.5) is 0 Å². The van der Waals surface area contributed by atoms with Crippen molar-refractivity contribution >= 4 is 8.25 Å². The van der Waals surface area contributed by atoms with Gasteiger partial charge in [0.05, 0.1) is 4.81 Å². The first kappa shape index (κ1) is 6.11. The predicted octanol–water partition coefficient (Wildman–Crippen LogP) is 0.987. The molecule has 0 spiro atoms. The van der Waals surface area contributed by atoms with Crippen LogP contribution >= 0.6 is 8.25 Å². The highest BCUT2D eigenvalue weighted by molar-refractivity contribution is 7.33. The molecule has 0 atom stereocenters. The fourth-order valence-electron chi connectivity index (χ4n) is 0.404. The van der Waals surface area contributed by atoms with E-state index in [9.17, 15) is 4.57 Å². The highest BCUT2D eigenvalue weighted by Crippen LogP contribution is 2.43. The highest BCUT2D eigenvalue weighted by Gasteiger charge is 2.60. The van der Waals surface area contributed by atoms with E-state index in [0.717, 1.165) is 0 Å². The van der Waals surface area contributed by atoms with Gasteiger partial charge < -0.3 is 0 Å². The second-order valence-corrected chi connectivity index (χ2v) is 2.49. The zero-order valence-corrected chi connectivity index (χ0v) is 5.72. The first-order valence-corrected chi connectivity index (χ1v) is 3.48. The largest absolute Gasteiger partial charge is 0.809 e. The molecule has 0 saturated carbocycles. The molecule has 0 radical (unpaired) electrons. The molecule has 1 heterocycles. The molecule has 1 aliphatic rings. The van der Waals surface area contributed by atoms with E-state index in [1.807, 2.05) is 6.92 Å². The molecule has 1 fully saturated rings. The molecule has 0 amide bonds. The molecule has 1 aliphatic heterocycles. The summed E-state index contributed by atoms with van der Waals surface area (Å²) in [5, 5.41) is 0. The average Bonchev–Trinajstić information content (AvgIpc) is 1.63. The van der Waals surface area contributed by atoms with Crippen molar-refractivity contribution in [2.24, 2.45) is 0 Å². The van der Waals surface area contributed by atoms with Gasteiger partial charge in [0, 0.05) is 4.57 Å². The third-order valence-corrected chi connectivity index (χ3v) is 2.01. The van der Waals surface area contributed by atoms with Gasteiger partial charge in [0.2, 0.25) is 0 Å². The first-order chi connectivity index (χ1) is 3.66. The minimum atomic E-state index is -1.79. The van der Waals surface area contributed by atoms with Gasteiger partial charge in [-0.1, -0.05) is 0 Å². The molecule has 0 unspecified atom stereocenters. The molecule has 5 heteroatoms. The Bertz CT molecular complexity index is 118. The summed E-state index contributed by atoms with van der Waals surface area (Å²) in [6.07, 6.45) is 0. The number of hydrogen-bond acceptors (Lipinski definition) is 3. The Morgan fingerprint density at radius 2 is 2.12 bits per heavy atom. The smallest absolute Gasteiger partial charge is 0.00876 e. The van der Waals surface area contributed by atoms with Crippen LogP contribution in [0, 0.1) is 0 Å². The highest BCUT2D eigenvalue weighted by atomic mass is 31.1. The lowest BCUT2D eigenvalue weighted by atomic mass is 10.7. The Balaban J connectivity index is 2.40. The maximum absolute atomic E-state index is 10.2. The van der Waals surface area contributed by atoms with Gasteiger partial charge in [0.1, 0.15) is 22.8 Å². The summed E-state index contributed by atoms with van der Waals surface area (Å²) in [6, 6.07) is 0. The van der Waals surface area contributed by atoms with Crippen molar-refractivity contribution in [1.82, 2.24) is 0 Å². The zero-order chi connectivity index (χ0) is 6.20. The lowest BCUT2D eigenvalue weighted by Crippen LogP contribution is -2.46. The van der Waals surface area contributed by atoms with Crippen molar-refractivity contribution in [1.29, 1.82) is 0 Å². The summed E-state index contributed by atoms with van der Waals surface area (Å²) in [5.74, 6) is 0. The van der Waals surface area contributed by atoms with Crippen LogP contribution in [0.2, 0.25) is 0 Å². The van der Waals surface area contributed by atoms with Crippen LogP contribution in [-0.2, 0) is 13.8 Å². The number of hydrogen-bond donors (Lipinski definition) is 0. The first-order valence-electron chi connectivity index (χ1n) is 2.38. The topological polar surface area (TPSA) is 35.5 Å². The van der Waals surface area contributed by atoms with Gasteiger partial charge in [-0.15, -0.1) is 0 Å². The van der Waals surface area contributed by atoms with E-state index in [2.05, 4.69) is 0 Å². The zero-order valence-electron chi connectivity index (χ0n) is 4.83. The van der Waals surface area contributed by atoms with Crippen molar-refractivity contribution in [2.75, 3.05) is 13.6 Å². The fourth-order valence-corrected chi connectivity index (χ4v) is 1.21. The lowest BCUT2D eigenvalue weighted by Gasteiger charge is -2.17. The minimum Gasteiger partial charge on any atom is -0.00876 e. The van der Waals surface area contributed by atoms with Crippen LogP contribution < -0.4 is 0 Å². The van der Waals surface area contributed by atoms with Gasteiger partial charge in [-0.05, 0) is 6.92 Å². The Kier molecular flexibility index (Phi) is 1.33. The van der Waals surface area contributed by atoms with Crippen LogP contribution in [0.25, 0.3) is 0 Å². The van der Waals surface area contributed by atoms with Crippen molar-refractivity contribution < 1.29 is 18.6 Å². The van der Waals surface area contributed by atoms with Crippen LogP contribution in [0.3, 0.4) is 0 Å². The van der Waals surface area contributed by atoms with Crippen molar-refractivity contribution in [3.05, 3.63) is 0 Å². The van der Waals surface area contributed by atoms with Gasteiger partial charge >= 0.3 is 8.25 Å². The molecule has 1 rings (SSSR count). The summed E-state index contributed by atoms with van der Waals surface area (Å²) in [5.41, 5.74) is 0. The quantitative estimate of drug-likeness (QED) is 0.399. The molecular formula is C3H8NO3P+2. The third kappa shape index (κ3) is 0.880. The number of rotatable bonds is 1. The number of quaternary nitrogens is 1. The van der Waals surface area contributed by atoms with Crippen molar-refractivity contribution in [2.45, 2.75) is 6.92 Å². The van der Waals surface area contributed by atoms with E-state index in [1.165, 1.54) is 0 Å². The SMILES string of the molecule is CC[N+]1(C)O[P+](=O)O1. The Labute approximate surface area is 48.4 Å². The molecule has 0 aromatic carbocycles. The van der Waals surface area contributed by atoms with E-state index >= 15 is 0 Å². The van der Waals surface area contributed by atoms with E-state index in [1.54, 1.807) is 7.05 Å². The third-order valence-electron chi connectivity index (χ3n) is 1.05. The van der Waals surface area contributed by atoms with Crippen molar-refractivity contribution in [3.8, 4) is 0 Å². The molecule has 4 nitrogen and oxygen atoms in total. The monoisotopic (exact) mass is 137 g/mol. The maximum atomic E-state index is 10.2. The molecule has 0 aliphatic carbocycles. The Morgan fingerprint density at radius 1 is 1.62 bits per heavy atom. The van der Waals surface area contributed by atoms with Crippen LogP contribution in [0.5, 0.6) is 0 Å². The van der Waals surface area contributed by atoms with Gasteiger partial charge in [0.15, 0.2) is 0 Å². The van der Waals surface area contributed by atoms with E-state index in [0.29, 0.717) is 6.54 Å². The fraction of sp³-hybridized carbons (Fsp3) is 1.00. The minimum absolute atomic E-state index is 0.0230. The van der Waals surface area contributed by atoms with Gasteiger partial charge in [-0.2, -0.15) is 0 Å². The summed E-state index contributed by atoms with van der Waals surface area (Å²) >= 11 is 0. The normalized spacial score (nSPS) is 41.5. The molecule has 0 aromatic rings. The molecule has 0 N–H and O–H groups in total. The lowest BCUT2D eigenvalue weighted by molar-refractivity contribution is -1.23. The summed E-state index contributed by atoms with van der Waals surface area (Å²) in [7, 11) is -0.0841. The molecule has 0 bridgehead atoms. The molecule has 0 aromatic heterocycles. The van der Waals surface area contributed by atoms with Crippen LogP contribution in [-0.4, -0.2) is 18.4 Å². The summed E-state index contributed by atoms with van der Waals surface area (Å²) in [6.45, 7) is 2.57. The standard InChI is InChI=1S/C3H8NO3P/c1-3-4(2)6-8(5)7-4/h3H2,1-2H3/q+2. The second-order valence-electron chi connectivity index (χ2n) is 1.72. The van der Waals surface area contributed by atoms with E-state index in [4.69, 9.17) is 9.25 Å².